The van der Waals surface area contributed by atoms with Gasteiger partial charge in [0, 0.05) is 12.1 Å². The maximum atomic E-state index is 12.2. The molecule has 0 fully saturated rings. The zero-order valence-electron chi connectivity index (χ0n) is 13.9. The van der Waals surface area contributed by atoms with Crippen LogP contribution in [-0.4, -0.2) is 39.2 Å². The van der Waals surface area contributed by atoms with E-state index in [-0.39, 0.29) is 5.75 Å². The normalized spacial score (nSPS) is 11.9. The summed E-state index contributed by atoms with van der Waals surface area (Å²) < 4.78 is 4.90. The van der Waals surface area contributed by atoms with Crippen LogP contribution in [0.3, 0.4) is 0 Å². The highest BCUT2D eigenvalue weighted by atomic mass is 16.5. The lowest BCUT2D eigenvalue weighted by atomic mass is 10.1. The van der Waals surface area contributed by atoms with Crippen LogP contribution in [0.4, 0.5) is 5.82 Å². The maximum Gasteiger partial charge on any atom is 0.328 e. The average Bonchev–Trinajstić information content (AvgIpc) is 2.62. The van der Waals surface area contributed by atoms with Crippen molar-refractivity contribution in [2.45, 2.75) is 19.4 Å². The molecule has 7 heteroatoms. The van der Waals surface area contributed by atoms with Gasteiger partial charge >= 0.3 is 5.97 Å². The molecule has 0 spiro atoms. The Labute approximate surface area is 144 Å². The van der Waals surface area contributed by atoms with Crippen LogP contribution in [0.1, 0.15) is 11.3 Å². The summed E-state index contributed by atoms with van der Waals surface area (Å²) in [6.07, 6.45) is 1.81. The molecule has 1 aromatic carbocycles. The number of nitrogens with zero attached hydrogens (tertiary/aromatic N) is 3. The molecule has 2 N–H and O–H groups in total. The van der Waals surface area contributed by atoms with Gasteiger partial charge in [0.2, 0.25) is 0 Å². The fourth-order valence-electron chi connectivity index (χ4n) is 2.51. The number of esters is 1. The predicted molar refractivity (Wildman–Crippen MR) is 93.3 cm³/mol. The average molecular weight is 338 g/mol. The number of benzene rings is 1. The van der Waals surface area contributed by atoms with Gasteiger partial charge in [-0.3, -0.25) is 0 Å². The third-order valence-electron chi connectivity index (χ3n) is 3.79. The number of aromatic nitrogens is 3. The van der Waals surface area contributed by atoms with Gasteiger partial charge in [-0.25, -0.2) is 19.7 Å². The summed E-state index contributed by atoms with van der Waals surface area (Å²) >= 11 is 0. The van der Waals surface area contributed by atoms with Crippen LogP contribution in [-0.2, 0) is 16.0 Å². The van der Waals surface area contributed by atoms with Gasteiger partial charge in [-0.1, -0.05) is 12.1 Å². The van der Waals surface area contributed by atoms with E-state index in [2.05, 4.69) is 20.3 Å². The minimum atomic E-state index is -0.644. The largest absolute Gasteiger partial charge is 0.508 e. The number of phenolic OH excluding ortho intramolecular Hbond substituents is 1. The van der Waals surface area contributed by atoms with Crippen molar-refractivity contribution < 1.29 is 14.6 Å². The Hall–Kier alpha value is -3.22. The number of carbonyl (C=O) groups is 1. The van der Waals surface area contributed by atoms with Crippen LogP contribution in [0, 0.1) is 6.92 Å². The first kappa shape index (κ1) is 16.6. The Morgan fingerprint density at radius 1 is 1.20 bits per heavy atom. The van der Waals surface area contributed by atoms with E-state index in [0.29, 0.717) is 23.3 Å². The van der Waals surface area contributed by atoms with Crippen molar-refractivity contribution in [3.8, 4) is 5.75 Å². The van der Waals surface area contributed by atoms with E-state index in [1.807, 2.05) is 19.1 Å². The van der Waals surface area contributed by atoms with Gasteiger partial charge in [0.15, 0.2) is 5.82 Å². The third kappa shape index (κ3) is 3.82. The molecule has 0 aliphatic heterocycles. The Balaban J connectivity index is 1.91. The Morgan fingerprint density at radius 2 is 1.96 bits per heavy atom. The van der Waals surface area contributed by atoms with Crippen molar-refractivity contribution in [3.05, 3.63) is 54.0 Å². The fraction of sp³-hybridized carbons (Fsp3) is 0.222. The number of methoxy groups -OCH3 is 1. The smallest absolute Gasteiger partial charge is 0.328 e. The molecule has 3 aromatic rings. The zero-order chi connectivity index (χ0) is 17.8. The number of aryl methyl sites for hydroxylation is 1. The second-order valence-electron chi connectivity index (χ2n) is 5.63. The van der Waals surface area contributed by atoms with Crippen LogP contribution >= 0.6 is 0 Å². The van der Waals surface area contributed by atoms with Crippen molar-refractivity contribution in [3.63, 3.8) is 0 Å². The molecular formula is C18H18N4O3. The number of hydrogen-bond acceptors (Lipinski definition) is 7. The summed E-state index contributed by atoms with van der Waals surface area (Å²) in [6.45, 7) is 1.88. The number of phenols is 1. The SMILES string of the molecule is COC(=O)[C@H](Cc1ccc(O)cc1)Nc1ncnc2ccc(C)nc12. The van der Waals surface area contributed by atoms with Gasteiger partial charge in [-0.15, -0.1) is 0 Å². The molecule has 2 heterocycles. The van der Waals surface area contributed by atoms with E-state index in [0.717, 1.165) is 11.3 Å². The van der Waals surface area contributed by atoms with Crippen molar-refractivity contribution in [2.24, 2.45) is 0 Å². The number of fused-ring (bicyclic) bond motifs is 1. The van der Waals surface area contributed by atoms with Crippen LogP contribution < -0.4 is 5.32 Å². The van der Waals surface area contributed by atoms with Gasteiger partial charge in [0.05, 0.1) is 12.6 Å². The maximum absolute atomic E-state index is 12.2. The van der Waals surface area contributed by atoms with Gasteiger partial charge < -0.3 is 15.2 Å². The second-order valence-corrected chi connectivity index (χ2v) is 5.63. The molecule has 0 saturated heterocycles. The van der Waals surface area contributed by atoms with Crippen molar-refractivity contribution >= 4 is 22.8 Å². The van der Waals surface area contributed by atoms with Gasteiger partial charge in [0.1, 0.15) is 23.6 Å². The van der Waals surface area contributed by atoms with Crippen LogP contribution in [0.2, 0.25) is 0 Å². The molecule has 25 heavy (non-hydrogen) atoms. The van der Waals surface area contributed by atoms with E-state index < -0.39 is 12.0 Å². The number of nitrogens with one attached hydrogen (secondary N) is 1. The molecule has 7 nitrogen and oxygen atoms in total. The number of anilines is 1. The monoisotopic (exact) mass is 338 g/mol. The summed E-state index contributed by atoms with van der Waals surface area (Å²) in [6, 6.07) is 9.75. The first-order chi connectivity index (χ1) is 12.1. The van der Waals surface area contributed by atoms with Crippen molar-refractivity contribution in [1.29, 1.82) is 0 Å². The van der Waals surface area contributed by atoms with Crippen LogP contribution in [0.25, 0.3) is 11.0 Å². The lowest BCUT2D eigenvalue weighted by molar-refractivity contribution is -0.141. The minimum absolute atomic E-state index is 0.174. The lowest BCUT2D eigenvalue weighted by Crippen LogP contribution is -2.33. The van der Waals surface area contributed by atoms with Gasteiger partial charge in [0.25, 0.3) is 0 Å². The Morgan fingerprint density at radius 3 is 2.68 bits per heavy atom. The summed E-state index contributed by atoms with van der Waals surface area (Å²) in [7, 11) is 1.34. The number of carbonyl (C=O) groups excluding carboxylic acids is 1. The Bertz CT molecular complexity index is 896. The first-order valence-corrected chi connectivity index (χ1v) is 7.77. The van der Waals surface area contributed by atoms with E-state index >= 15 is 0 Å². The highest BCUT2D eigenvalue weighted by Crippen LogP contribution is 2.20. The van der Waals surface area contributed by atoms with E-state index in [9.17, 15) is 9.90 Å². The quantitative estimate of drug-likeness (QED) is 0.689. The van der Waals surface area contributed by atoms with Gasteiger partial charge in [-0.05, 0) is 36.8 Å². The molecule has 0 unspecified atom stereocenters. The molecule has 0 saturated carbocycles. The molecule has 0 aliphatic carbocycles. The van der Waals surface area contributed by atoms with E-state index in [1.165, 1.54) is 13.4 Å². The van der Waals surface area contributed by atoms with Gasteiger partial charge in [-0.2, -0.15) is 0 Å². The topological polar surface area (TPSA) is 97.2 Å². The summed E-state index contributed by atoms with van der Waals surface area (Å²) in [5, 5.41) is 12.5. The van der Waals surface area contributed by atoms with Crippen molar-refractivity contribution in [2.75, 3.05) is 12.4 Å². The molecule has 0 bridgehead atoms. The molecule has 128 valence electrons. The molecule has 0 amide bonds. The Kier molecular flexibility index (Phi) is 4.74. The first-order valence-electron chi connectivity index (χ1n) is 7.77. The highest BCUT2D eigenvalue weighted by molar-refractivity contribution is 5.88. The van der Waals surface area contributed by atoms with Crippen LogP contribution in [0.5, 0.6) is 5.75 Å². The number of hydrogen-bond donors (Lipinski definition) is 2. The highest BCUT2D eigenvalue weighted by Gasteiger charge is 2.21. The van der Waals surface area contributed by atoms with E-state index in [4.69, 9.17) is 4.74 Å². The molecule has 0 radical (unpaired) electrons. The standard InChI is InChI=1S/C18H18N4O3/c1-11-3-8-14-16(21-11)17(20-10-19-14)22-15(18(24)25-2)9-12-4-6-13(23)7-5-12/h3-8,10,15,23H,9H2,1-2H3,(H,19,20,22)/t15-/m0/s1. The number of pyridine rings is 1. The molecule has 3 rings (SSSR count). The zero-order valence-corrected chi connectivity index (χ0v) is 13.9. The summed E-state index contributed by atoms with van der Waals surface area (Å²) in [5.74, 6) is 0.239. The molecule has 0 aliphatic rings. The fourth-order valence-corrected chi connectivity index (χ4v) is 2.51. The number of ether oxygens (including phenoxy) is 1. The molecule has 2 aromatic heterocycles. The molecular weight excluding hydrogens is 320 g/mol. The summed E-state index contributed by atoms with van der Waals surface area (Å²) in [4.78, 5) is 25.1. The number of aromatic hydroxyl groups is 1. The van der Waals surface area contributed by atoms with Crippen molar-refractivity contribution in [1.82, 2.24) is 15.0 Å². The minimum Gasteiger partial charge on any atom is -0.508 e. The lowest BCUT2D eigenvalue weighted by Gasteiger charge is -2.18. The summed E-state index contributed by atoms with van der Waals surface area (Å²) in [5.41, 5.74) is 3.00. The third-order valence-corrected chi connectivity index (χ3v) is 3.79. The van der Waals surface area contributed by atoms with Crippen LogP contribution in [0.15, 0.2) is 42.7 Å². The van der Waals surface area contributed by atoms with E-state index in [1.54, 1.807) is 24.3 Å². The number of rotatable bonds is 5. The second kappa shape index (κ2) is 7.12. The predicted octanol–water partition coefficient (Wildman–Crippen LogP) is 2.24. The molecule has 1 atom stereocenters.